The van der Waals surface area contributed by atoms with Crippen molar-refractivity contribution in [2.75, 3.05) is 49.0 Å². The molecule has 2 aromatic rings. The summed E-state index contributed by atoms with van der Waals surface area (Å²) >= 11 is 5.78. The van der Waals surface area contributed by atoms with Crippen LogP contribution in [0.4, 0.5) is 30.6 Å². The summed E-state index contributed by atoms with van der Waals surface area (Å²) in [5.74, 6) is -3.05. The van der Waals surface area contributed by atoms with Crippen LogP contribution in [0.2, 0.25) is 5.02 Å². The normalized spacial score (nSPS) is 14.8. The van der Waals surface area contributed by atoms with Crippen molar-refractivity contribution in [3.8, 4) is 0 Å². The molecule has 1 heterocycles. The molecule has 196 valence electrons. The van der Waals surface area contributed by atoms with Gasteiger partial charge in [-0.3, -0.25) is 4.79 Å². The van der Waals surface area contributed by atoms with Crippen molar-refractivity contribution < 1.29 is 33.0 Å². The maximum atomic E-state index is 15.7. The van der Waals surface area contributed by atoms with E-state index in [1.807, 2.05) is 11.8 Å². The highest BCUT2D eigenvalue weighted by Gasteiger charge is 2.28. The molecule has 0 spiro atoms. The van der Waals surface area contributed by atoms with Crippen LogP contribution < -0.4 is 15.5 Å². The zero-order valence-corrected chi connectivity index (χ0v) is 20.9. The topological polar surface area (TPSA) is 100 Å². The molecule has 1 aliphatic rings. The van der Waals surface area contributed by atoms with Gasteiger partial charge >= 0.3 is 12.0 Å². The summed E-state index contributed by atoms with van der Waals surface area (Å²) in [5.41, 5.74) is 0.564. The van der Waals surface area contributed by atoms with Gasteiger partial charge in [-0.05, 0) is 55.7 Å². The number of carboxylic acids is 1. The summed E-state index contributed by atoms with van der Waals surface area (Å²) in [7, 11) is 1.43. The van der Waals surface area contributed by atoms with E-state index < -0.39 is 29.6 Å². The highest BCUT2D eigenvalue weighted by Crippen LogP contribution is 2.37. The highest BCUT2D eigenvalue weighted by molar-refractivity contribution is 6.30. The first-order valence-corrected chi connectivity index (χ1v) is 12.0. The average molecular weight is 526 g/mol. The van der Waals surface area contributed by atoms with Crippen molar-refractivity contribution in [2.24, 2.45) is 0 Å². The summed E-state index contributed by atoms with van der Waals surface area (Å²) in [6, 6.07) is 5.83. The van der Waals surface area contributed by atoms with E-state index in [-0.39, 0.29) is 41.2 Å². The fourth-order valence-corrected chi connectivity index (χ4v) is 4.55. The van der Waals surface area contributed by atoms with E-state index in [0.29, 0.717) is 38.2 Å². The van der Waals surface area contributed by atoms with Gasteiger partial charge in [0.25, 0.3) is 0 Å². The van der Waals surface area contributed by atoms with Gasteiger partial charge in [0.1, 0.15) is 11.6 Å². The van der Waals surface area contributed by atoms with Gasteiger partial charge in [0.05, 0.1) is 30.1 Å². The van der Waals surface area contributed by atoms with Gasteiger partial charge in [0, 0.05) is 43.9 Å². The van der Waals surface area contributed by atoms with Gasteiger partial charge in [0.15, 0.2) is 0 Å². The number of carbonyl (C=O) groups is 2. The van der Waals surface area contributed by atoms with Gasteiger partial charge in [-0.1, -0.05) is 11.6 Å². The van der Waals surface area contributed by atoms with E-state index in [4.69, 9.17) is 21.1 Å². The Bertz CT molecular complexity index is 1080. The fourth-order valence-electron chi connectivity index (χ4n) is 4.39. The molecule has 0 bridgehead atoms. The SMILES string of the molecule is CCN(c1c(F)cc(C(COC)CC(=O)O)cc1NC(=O)Nc1ccc(Cl)cc1F)C1CCOCC1. The first-order valence-electron chi connectivity index (χ1n) is 11.6. The van der Waals surface area contributed by atoms with E-state index in [2.05, 4.69) is 10.6 Å². The van der Waals surface area contributed by atoms with Crippen LogP contribution in [0.1, 0.15) is 37.7 Å². The Morgan fingerprint density at radius 3 is 2.47 bits per heavy atom. The van der Waals surface area contributed by atoms with Crippen molar-refractivity contribution in [1.29, 1.82) is 0 Å². The third-order valence-electron chi connectivity index (χ3n) is 6.03. The number of ether oxygens (including phenoxy) is 2. The van der Waals surface area contributed by atoms with Crippen LogP contribution >= 0.6 is 11.6 Å². The minimum absolute atomic E-state index is 0.0183. The number of carbonyl (C=O) groups excluding carboxylic acids is 1. The number of halogens is 3. The van der Waals surface area contributed by atoms with Gasteiger partial charge < -0.3 is 30.1 Å². The van der Waals surface area contributed by atoms with Crippen molar-refractivity contribution in [3.63, 3.8) is 0 Å². The number of rotatable bonds is 10. The van der Waals surface area contributed by atoms with Crippen molar-refractivity contribution in [3.05, 3.63) is 52.6 Å². The van der Waals surface area contributed by atoms with Gasteiger partial charge in [0.2, 0.25) is 0 Å². The number of benzene rings is 2. The summed E-state index contributed by atoms with van der Waals surface area (Å²) < 4.78 is 40.5. The molecule has 0 aliphatic carbocycles. The molecule has 1 unspecified atom stereocenters. The number of hydrogen-bond donors (Lipinski definition) is 3. The number of methoxy groups -OCH3 is 1. The predicted octanol–water partition coefficient (Wildman–Crippen LogP) is 5.47. The average Bonchev–Trinajstić information content (AvgIpc) is 2.83. The molecule has 36 heavy (non-hydrogen) atoms. The maximum Gasteiger partial charge on any atom is 0.323 e. The van der Waals surface area contributed by atoms with Crippen LogP contribution in [0.5, 0.6) is 0 Å². The molecule has 3 rings (SSSR count). The Balaban J connectivity index is 2.01. The Morgan fingerprint density at radius 1 is 1.17 bits per heavy atom. The van der Waals surface area contributed by atoms with Crippen LogP contribution in [0.3, 0.4) is 0 Å². The zero-order valence-electron chi connectivity index (χ0n) is 20.2. The molecule has 2 amide bonds. The van der Waals surface area contributed by atoms with E-state index in [1.165, 1.54) is 25.3 Å². The molecule has 1 atom stereocenters. The van der Waals surface area contributed by atoms with Crippen LogP contribution in [0.15, 0.2) is 30.3 Å². The first kappa shape index (κ1) is 27.6. The lowest BCUT2D eigenvalue weighted by molar-refractivity contribution is -0.137. The van der Waals surface area contributed by atoms with Gasteiger partial charge in [-0.15, -0.1) is 0 Å². The number of anilines is 3. The molecular formula is C25H30ClF2N3O5. The minimum Gasteiger partial charge on any atom is -0.481 e. The Labute approximate surface area is 213 Å². The molecule has 11 heteroatoms. The number of hydrogen-bond acceptors (Lipinski definition) is 5. The van der Waals surface area contributed by atoms with E-state index in [1.54, 1.807) is 6.07 Å². The van der Waals surface area contributed by atoms with Crippen LogP contribution in [-0.4, -0.2) is 56.6 Å². The number of nitrogens with zero attached hydrogens (tertiary/aromatic N) is 1. The predicted molar refractivity (Wildman–Crippen MR) is 134 cm³/mol. The second-order valence-electron chi connectivity index (χ2n) is 8.48. The Hall–Kier alpha value is -2.95. The number of nitrogens with one attached hydrogen (secondary N) is 2. The number of carboxylic acid groups (broad SMARTS) is 1. The fraction of sp³-hybridized carbons (Fsp3) is 0.440. The van der Waals surface area contributed by atoms with Crippen LogP contribution in [0, 0.1) is 11.6 Å². The largest absolute Gasteiger partial charge is 0.481 e. The van der Waals surface area contributed by atoms with E-state index >= 15 is 4.39 Å². The molecule has 3 N–H and O–H groups in total. The van der Waals surface area contributed by atoms with Crippen molar-refractivity contribution in [2.45, 2.75) is 38.1 Å². The monoisotopic (exact) mass is 525 g/mol. The lowest BCUT2D eigenvalue weighted by Gasteiger charge is -2.37. The molecule has 1 fully saturated rings. The molecule has 0 saturated carbocycles. The summed E-state index contributed by atoms with van der Waals surface area (Å²) in [5, 5.41) is 14.5. The summed E-state index contributed by atoms with van der Waals surface area (Å²) in [4.78, 5) is 26.1. The number of amides is 2. The van der Waals surface area contributed by atoms with E-state index in [9.17, 15) is 19.1 Å². The molecule has 1 saturated heterocycles. The molecular weight excluding hydrogens is 496 g/mol. The van der Waals surface area contributed by atoms with Crippen LogP contribution in [-0.2, 0) is 14.3 Å². The second-order valence-corrected chi connectivity index (χ2v) is 8.92. The van der Waals surface area contributed by atoms with Gasteiger partial charge in [-0.2, -0.15) is 0 Å². The Kier molecular flexibility index (Phi) is 9.86. The van der Waals surface area contributed by atoms with Crippen molar-refractivity contribution >= 4 is 40.7 Å². The summed E-state index contributed by atoms with van der Waals surface area (Å²) in [6.07, 6.45) is 1.08. The first-order chi connectivity index (χ1) is 17.2. The lowest BCUT2D eigenvalue weighted by atomic mass is 9.94. The minimum atomic E-state index is -1.07. The zero-order chi connectivity index (χ0) is 26.2. The van der Waals surface area contributed by atoms with E-state index in [0.717, 1.165) is 6.07 Å². The third kappa shape index (κ3) is 7.05. The van der Waals surface area contributed by atoms with Gasteiger partial charge in [-0.25, -0.2) is 13.6 Å². The third-order valence-corrected chi connectivity index (χ3v) is 6.27. The number of aliphatic carboxylic acids is 1. The maximum absolute atomic E-state index is 15.7. The molecule has 2 aromatic carbocycles. The highest BCUT2D eigenvalue weighted by atomic mass is 35.5. The van der Waals surface area contributed by atoms with Crippen molar-refractivity contribution in [1.82, 2.24) is 0 Å². The molecule has 0 radical (unpaired) electrons. The molecule has 0 aromatic heterocycles. The standard InChI is InChI=1S/C25H30ClF2N3O5/c1-3-31(18-6-8-36-9-7-18)24-20(28)10-15(16(14-35-2)12-23(32)33)11-22(24)30-25(34)29-21-5-4-17(26)13-19(21)27/h4-5,10-11,13,16,18H,3,6-9,12,14H2,1-2H3,(H,32,33)(H2,29,30,34). The molecule has 8 nitrogen and oxygen atoms in total. The second kappa shape index (κ2) is 12.8. The Morgan fingerprint density at radius 2 is 1.86 bits per heavy atom. The summed E-state index contributed by atoms with van der Waals surface area (Å²) in [6.45, 7) is 3.46. The molecule has 1 aliphatic heterocycles. The smallest absolute Gasteiger partial charge is 0.323 e. The lowest BCUT2D eigenvalue weighted by Crippen LogP contribution is -2.40. The number of urea groups is 1. The van der Waals surface area contributed by atoms with Crippen LogP contribution in [0.25, 0.3) is 0 Å². The quantitative estimate of drug-likeness (QED) is 0.380.